The molecule has 1 aliphatic carbocycles. The lowest BCUT2D eigenvalue weighted by molar-refractivity contribution is 1.18. The van der Waals surface area contributed by atoms with Crippen LogP contribution < -0.4 is 0 Å². The standard InChI is InChI=1S/C17H15Br/c1-11-3-5-13(6-4-11)15-8-7-14-9-12(2)10-16(14)17(15)18/h3-9H,10H2,1-2H3. The summed E-state index contributed by atoms with van der Waals surface area (Å²) in [5.74, 6) is 0. The number of halogens is 1. The van der Waals surface area contributed by atoms with Gasteiger partial charge in [0.2, 0.25) is 0 Å². The fraction of sp³-hybridized carbons (Fsp3) is 0.176. The quantitative estimate of drug-likeness (QED) is 0.663. The highest BCUT2D eigenvalue weighted by atomic mass is 79.9. The first-order valence-electron chi connectivity index (χ1n) is 6.21. The van der Waals surface area contributed by atoms with Crippen molar-refractivity contribution in [3.63, 3.8) is 0 Å². The molecule has 0 saturated heterocycles. The van der Waals surface area contributed by atoms with E-state index in [1.54, 1.807) is 0 Å². The summed E-state index contributed by atoms with van der Waals surface area (Å²) in [5, 5.41) is 0. The van der Waals surface area contributed by atoms with Gasteiger partial charge in [0.05, 0.1) is 0 Å². The van der Waals surface area contributed by atoms with Crippen molar-refractivity contribution in [2.45, 2.75) is 20.3 Å². The molecule has 1 aliphatic rings. The van der Waals surface area contributed by atoms with E-state index in [1.807, 2.05) is 0 Å². The van der Waals surface area contributed by atoms with Gasteiger partial charge in [-0.25, -0.2) is 0 Å². The maximum absolute atomic E-state index is 3.78. The second-order valence-corrected chi connectivity index (χ2v) is 5.82. The van der Waals surface area contributed by atoms with Gasteiger partial charge in [-0.3, -0.25) is 0 Å². The summed E-state index contributed by atoms with van der Waals surface area (Å²) < 4.78 is 1.25. The fourth-order valence-electron chi connectivity index (χ4n) is 2.50. The molecule has 1 heteroatoms. The molecule has 18 heavy (non-hydrogen) atoms. The van der Waals surface area contributed by atoms with Crippen molar-refractivity contribution in [2.75, 3.05) is 0 Å². The highest BCUT2D eigenvalue weighted by Crippen LogP contribution is 2.38. The molecular weight excluding hydrogens is 284 g/mol. The van der Waals surface area contributed by atoms with Gasteiger partial charge in [0.25, 0.3) is 0 Å². The minimum atomic E-state index is 1.07. The van der Waals surface area contributed by atoms with Crippen molar-refractivity contribution in [1.29, 1.82) is 0 Å². The molecule has 0 aromatic heterocycles. The van der Waals surface area contributed by atoms with Gasteiger partial charge < -0.3 is 0 Å². The Hall–Kier alpha value is -1.34. The first kappa shape index (κ1) is 11.7. The smallest absolute Gasteiger partial charge is 0.0294 e. The van der Waals surface area contributed by atoms with Crippen LogP contribution in [0.5, 0.6) is 0 Å². The number of hydrogen-bond donors (Lipinski definition) is 0. The Morgan fingerprint density at radius 1 is 0.944 bits per heavy atom. The van der Waals surface area contributed by atoms with Crippen LogP contribution in [0.4, 0.5) is 0 Å². The largest absolute Gasteiger partial charge is 0.0683 e. The Bertz CT molecular complexity index is 633. The summed E-state index contributed by atoms with van der Waals surface area (Å²) in [4.78, 5) is 0. The molecule has 0 spiro atoms. The molecule has 0 N–H and O–H groups in total. The predicted octanol–water partition coefficient (Wildman–Crippen LogP) is 5.38. The average Bonchev–Trinajstić information content (AvgIpc) is 2.73. The van der Waals surface area contributed by atoms with E-state index in [9.17, 15) is 0 Å². The molecule has 3 rings (SSSR count). The van der Waals surface area contributed by atoms with Crippen LogP contribution in [0.3, 0.4) is 0 Å². The van der Waals surface area contributed by atoms with E-state index < -0.39 is 0 Å². The normalized spacial score (nSPS) is 13.4. The number of hydrogen-bond acceptors (Lipinski definition) is 0. The molecule has 0 unspecified atom stereocenters. The lowest BCUT2D eigenvalue weighted by atomic mass is 9.99. The van der Waals surface area contributed by atoms with Gasteiger partial charge in [-0.1, -0.05) is 53.6 Å². The van der Waals surface area contributed by atoms with E-state index in [2.05, 4.69) is 72.3 Å². The van der Waals surface area contributed by atoms with Gasteiger partial charge in [-0.05, 0) is 58.5 Å². The Morgan fingerprint density at radius 3 is 2.39 bits per heavy atom. The fourth-order valence-corrected chi connectivity index (χ4v) is 3.23. The molecule has 0 radical (unpaired) electrons. The Balaban J connectivity index is 2.11. The number of rotatable bonds is 1. The topological polar surface area (TPSA) is 0 Å². The molecule has 0 bridgehead atoms. The molecule has 0 aliphatic heterocycles. The van der Waals surface area contributed by atoms with Crippen molar-refractivity contribution in [3.05, 3.63) is 63.1 Å². The second-order valence-electron chi connectivity index (χ2n) is 5.03. The van der Waals surface area contributed by atoms with E-state index in [0.717, 1.165) is 6.42 Å². The molecule has 0 saturated carbocycles. The number of allylic oxidation sites excluding steroid dienone is 1. The van der Waals surface area contributed by atoms with Gasteiger partial charge in [-0.2, -0.15) is 0 Å². The molecule has 90 valence electrons. The second kappa shape index (κ2) is 4.40. The number of aryl methyl sites for hydroxylation is 1. The van der Waals surface area contributed by atoms with E-state index in [1.165, 1.54) is 37.9 Å². The van der Waals surface area contributed by atoms with Crippen LogP contribution in [0.15, 0.2) is 46.4 Å². The third-order valence-corrected chi connectivity index (χ3v) is 4.41. The summed E-state index contributed by atoms with van der Waals surface area (Å²) in [6.07, 6.45) is 3.34. The van der Waals surface area contributed by atoms with E-state index in [0.29, 0.717) is 0 Å². The number of fused-ring (bicyclic) bond motifs is 1. The van der Waals surface area contributed by atoms with Gasteiger partial charge >= 0.3 is 0 Å². The monoisotopic (exact) mass is 298 g/mol. The van der Waals surface area contributed by atoms with Crippen molar-refractivity contribution in [2.24, 2.45) is 0 Å². The van der Waals surface area contributed by atoms with Crippen molar-refractivity contribution >= 4 is 22.0 Å². The lowest BCUT2D eigenvalue weighted by Gasteiger charge is -2.10. The molecule has 0 amide bonds. The van der Waals surface area contributed by atoms with Gasteiger partial charge in [0.15, 0.2) is 0 Å². The van der Waals surface area contributed by atoms with Crippen LogP contribution in [0.2, 0.25) is 0 Å². The molecule has 2 aromatic carbocycles. The zero-order valence-electron chi connectivity index (χ0n) is 10.6. The SMILES string of the molecule is CC1=Cc2ccc(-c3ccc(C)cc3)c(Br)c2C1. The third-order valence-electron chi connectivity index (χ3n) is 3.50. The van der Waals surface area contributed by atoms with Crippen LogP contribution in [0, 0.1) is 6.92 Å². The molecular formula is C17H15Br. The van der Waals surface area contributed by atoms with E-state index >= 15 is 0 Å². The molecule has 2 aromatic rings. The summed E-state index contributed by atoms with van der Waals surface area (Å²) in [7, 11) is 0. The van der Waals surface area contributed by atoms with Gasteiger partial charge in [0, 0.05) is 4.47 Å². The minimum Gasteiger partial charge on any atom is -0.0683 e. The Labute approximate surface area is 116 Å². The van der Waals surface area contributed by atoms with Crippen LogP contribution in [0.25, 0.3) is 17.2 Å². The van der Waals surface area contributed by atoms with Crippen molar-refractivity contribution < 1.29 is 0 Å². The molecule has 0 nitrogen and oxygen atoms in total. The average molecular weight is 299 g/mol. The molecule has 0 fully saturated rings. The maximum atomic E-state index is 3.78. The number of benzene rings is 2. The zero-order valence-corrected chi connectivity index (χ0v) is 12.2. The Morgan fingerprint density at radius 2 is 1.67 bits per heavy atom. The summed E-state index contributed by atoms with van der Waals surface area (Å²) in [6, 6.07) is 13.2. The Kier molecular flexibility index (Phi) is 2.87. The first-order valence-corrected chi connectivity index (χ1v) is 7.00. The van der Waals surface area contributed by atoms with Crippen LogP contribution in [0.1, 0.15) is 23.6 Å². The minimum absolute atomic E-state index is 1.07. The van der Waals surface area contributed by atoms with Crippen molar-refractivity contribution in [1.82, 2.24) is 0 Å². The summed E-state index contributed by atoms with van der Waals surface area (Å²) >= 11 is 3.78. The van der Waals surface area contributed by atoms with E-state index in [-0.39, 0.29) is 0 Å². The maximum Gasteiger partial charge on any atom is 0.0294 e. The first-order chi connectivity index (χ1) is 8.65. The van der Waals surface area contributed by atoms with E-state index in [4.69, 9.17) is 0 Å². The zero-order chi connectivity index (χ0) is 12.7. The highest BCUT2D eigenvalue weighted by Gasteiger charge is 2.16. The van der Waals surface area contributed by atoms with Gasteiger partial charge in [0.1, 0.15) is 0 Å². The van der Waals surface area contributed by atoms with Crippen molar-refractivity contribution in [3.8, 4) is 11.1 Å². The summed E-state index contributed by atoms with van der Waals surface area (Å²) in [5.41, 5.74) is 8.08. The third kappa shape index (κ3) is 1.93. The van der Waals surface area contributed by atoms with Gasteiger partial charge in [-0.15, -0.1) is 0 Å². The van der Waals surface area contributed by atoms with Crippen LogP contribution >= 0.6 is 15.9 Å². The molecule has 0 heterocycles. The molecule has 0 atom stereocenters. The highest BCUT2D eigenvalue weighted by molar-refractivity contribution is 9.10. The lowest BCUT2D eigenvalue weighted by Crippen LogP contribution is -1.89. The van der Waals surface area contributed by atoms with Crippen LogP contribution in [-0.4, -0.2) is 0 Å². The summed E-state index contributed by atoms with van der Waals surface area (Å²) in [6.45, 7) is 4.31. The predicted molar refractivity (Wildman–Crippen MR) is 81.7 cm³/mol. The van der Waals surface area contributed by atoms with Crippen LogP contribution in [-0.2, 0) is 6.42 Å².